The Morgan fingerprint density at radius 1 is 1.04 bits per heavy atom. The smallest absolute Gasteiger partial charge is 0.134 e. The van der Waals surface area contributed by atoms with Gasteiger partial charge in [-0.2, -0.15) is 0 Å². The van der Waals surface area contributed by atoms with Crippen LogP contribution in [0.25, 0.3) is 0 Å². The molecular weight excluding hydrogens is 336 g/mol. The molecule has 4 rings (SSSR count). The van der Waals surface area contributed by atoms with Gasteiger partial charge in [0.15, 0.2) is 0 Å². The van der Waals surface area contributed by atoms with Gasteiger partial charge >= 0.3 is 0 Å². The maximum Gasteiger partial charge on any atom is 0.134 e. The first-order chi connectivity index (χ1) is 12.2. The van der Waals surface area contributed by atoms with Crippen molar-refractivity contribution in [2.45, 2.75) is 38.0 Å². The van der Waals surface area contributed by atoms with Crippen molar-refractivity contribution >= 4 is 17.4 Å². The van der Waals surface area contributed by atoms with Gasteiger partial charge in [0.05, 0.1) is 6.10 Å². The minimum absolute atomic E-state index is 0.190. The van der Waals surface area contributed by atoms with E-state index >= 15 is 0 Å². The zero-order valence-electron chi connectivity index (χ0n) is 14.2. The van der Waals surface area contributed by atoms with Gasteiger partial charge in [-0.1, -0.05) is 35.9 Å². The van der Waals surface area contributed by atoms with Crippen LogP contribution in [0.4, 0.5) is 5.82 Å². The summed E-state index contributed by atoms with van der Waals surface area (Å²) >= 11 is 6.00. The number of aliphatic hydroxyl groups excluding tert-OH is 1. The lowest BCUT2D eigenvalue weighted by Gasteiger charge is -2.37. The van der Waals surface area contributed by atoms with Gasteiger partial charge in [0.1, 0.15) is 17.3 Å². The second-order valence-electron chi connectivity index (χ2n) is 6.89. The number of nitrogens with zero attached hydrogens (tertiary/aromatic N) is 4. The van der Waals surface area contributed by atoms with E-state index in [1.54, 1.807) is 6.07 Å². The molecule has 2 unspecified atom stereocenters. The number of anilines is 1. The molecular formula is C19H23ClN4O. The number of aliphatic hydroxyl groups is 1. The van der Waals surface area contributed by atoms with Crippen molar-refractivity contribution in [3.8, 4) is 0 Å². The maximum atomic E-state index is 10.7. The van der Waals surface area contributed by atoms with Crippen LogP contribution in [0.3, 0.4) is 0 Å². The lowest BCUT2D eigenvalue weighted by atomic mass is 9.96. The molecule has 132 valence electrons. The summed E-state index contributed by atoms with van der Waals surface area (Å²) in [5.41, 5.74) is 2.84. The highest BCUT2D eigenvalue weighted by Gasteiger charge is 2.31. The normalized spacial score (nSPS) is 24.6. The summed E-state index contributed by atoms with van der Waals surface area (Å²) in [6, 6.07) is 10.6. The molecule has 1 aromatic carbocycles. The maximum absolute atomic E-state index is 10.7. The SMILES string of the molecule is OC1CCN(c2cc(Cl)ncn2)CCC1N1CCc2ccccc2C1. The van der Waals surface area contributed by atoms with Crippen molar-refractivity contribution in [1.29, 1.82) is 0 Å². The Kier molecular flexibility index (Phi) is 4.88. The Morgan fingerprint density at radius 3 is 2.68 bits per heavy atom. The zero-order valence-corrected chi connectivity index (χ0v) is 14.9. The van der Waals surface area contributed by atoms with Gasteiger partial charge in [-0.3, -0.25) is 4.90 Å². The van der Waals surface area contributed by atoms with E-state index in [4.69, 9.17) is 11.6 Å². The van der Waals surface area contributed by atoms with E-state index in [1.807, 2.05) is 0 Å². The molecule has 0 saturated carbocycles. The fraction of sp³-hybridized carbons (Fsp3) is 0.474. The quantitative estimate of drug-likeness (QED) is 0.836. The van der Waals surface area contributed by atoms with Crippen molar-refractivity contribution in [3.63, 3.8) is 0 Å². The predicted octanol–water partition coefficient (Wildman–Crippen LogP) is 2.52. The third-order valence-electron chi connectivity index (χ3n) is 5.41. The molecule has 1 aromatic heterocycles. The number of hydrogen-bond acceptors (Lipinski definition) is 5. The summed E-state index contributed by atoms with van der Waals surface area (Å²) in [4.78, 5) is 12.9. The summed E-state index contributed by atoms with van der Waals surface area (Å²) in [6.07, 6.45) is 3.91. The summed E-state index contributed by atoms with van der Waals surface area (Å²) in [7, 11) is 0. The van der Waals surface area contributed by atoms with E-state index in [1.165, 1.54) is 17.5 Å². The first-order valence-corrected chi connectivity index (χ1v) is 9.30. The van der Waals surface area contributed by atoms with E-state index in [2.05, 4.69) is 44.0 Å². The lowest BCUT2D eigenvalue weighted by Crippen LogP contribution is -2.46. The van der Waals surface area contributed by atoms with E-state index in [0.717, 1.165) is 51.3 Å². The average molecular weight is 359 g/mol. The Morgan fingerprint density at radius 2 is 1.84 bits per heavy atom. The monoisotopic (exact) mass is 358 g/mol. The summed E-state index contributed by atoms with van der Waals surface area (Å²) < 4.78 is 0. The van der Waals surface area contributed by atoms with E-state index in [9.17, 15) is 5.11 Å². The van der Waals surface area contributed by atoms with Gasteiger partial charge in [-0.15, -0.1) is 0 Å². The minimum atomic E-state index is -0.312. The van der Waals surface area contributed by atoms with Crippen molar-refractivity contribution in [3.05, 3.63) is 52.9 Å². The number of aromatic nitrogens is 2. The third-order valence-corrected chi connectivity index (χ3v) is 5.61. The van der Waals surface area contributed by atoms with Gasteiger partial charge in [0.25, 0.3) is 0 Å². The minimum Gasteiger partial charge on any atom is -0.391 e. The van der Waals surface area contributed by atoms with Crippen LogP contribution in [0.15, 0.2) is 36.7 Å². The fourth-order valence-corrected chi connectivity index (χ4v) is 4.17. The molecule has 0 bridgehead atoms. The molecule has 1 fully saturated rings. The van der Waals surface area contributed by atoms with E-state index in [-0.39, 0.29) is 12.1 Å². The number of fused-ring (bicyclic) bond motifs is 1. The van der Waals surface area contributed by atoms with Crippen LogP contribution in [0, 0.1) is 0 Å². The topological polar surface area (TPSA) is 52.5 Å². The molecule has 1 saturated heterocycles. The Hall–Kier alpha value is -1.69. The molecule has 25 heavy (non-hydrogen) atoms. The molecule has 0 spiro atoms. The van der Waals surface area contributed by atoms with Crippen LogP contribution in [0.1, 0.15) is 24.0 Å². The molecule has 1 N–H and O–H groups in total. The predicted molar refractivity (Wildman–Crippen MR) is 98.8 cm³/mol. The van der Waals surface area contributed by atoms with Gasteiger partial charge < -0.3 is 10.0 Å². The second kappa shape index (κ2) is 7.28. The summed E-state index contributed by atoms with van der Waals surface area (Å²) in [5, 5.41) is 11.2. The van der Waals surface area contributed by atoms with Gasteiger partial charge in [0.2, 0.25) is 0 Å². The Balaban J connectivity index is 1.47. The first kappa shape index (κ1) is 16.8. The lowest BCUT2D eigenvalue weighted by molar-refractivity contribution is 0.0394. The van der Waals surface area contributed by atoms with Crippen molar-refractivity contribution in [2.75, 3.05) is 24.5 Å². The Labute approximate surface area is 153 Å². The molecule has 3 heterocycles. The van der Waals surface area contributed by atoms with E-state index < -0.39 is 0 Å². The molecule has 2 atom stereocenters. The Bertz CT molecular complexity index is 741. The van der Waals surface area contributed by atoms with Crippen LogP contribution in [-0.4, -0.2) is 51.8 Å². The van der Waals surface area contributed by atoms with Crippen molar-refractivity contribution in [2.24, 2.45) is 0 Å². The number of hydrogen-bond donors (Lipinski definition) is 1. The molecule has 2 aliphatic rings. The third kappa shape index (κ3) is 3.64. The molecule has 2 aliphatic heterocycles. The molecule has 6 heteroatoms. The molecule has 5 nitrogen and oxygen atoms in total. The molecule has 0 amide bonds. The first-order valence-electron chi connectivity index (χ1n) is 8.92. The highest BCUT2D eigenvalue weighted by atomic mass is 35.5. The van der Waals surface area contributed by atoms with Crippen molar-refractivity contribution < 1.29 is 5.11 Å². The number of halogens is 1. The molecule has 0 aliphatic carbocycles. The van der Waals surface area contributed by atoms with E-state index in [0.29, 0.717) is 5.15 Å². The standard InChI is InChI=1S/C19H23ClN4O/c20-18-11-19(22-13-21-18)23-9-6-16(17(25)7-10-23)24-8-5-14-3-1-2-4-15(14)12-24/h1-4,11,13,16-17,25H,5-10,12H2. The summed E-state index contributed by atoms with van der Waals surface area (Å²) in [5.74, 6) is 0.844. The number of benzene rings is 1. The van der Waals surface area contributed by atoms with Gasteiger partial charge in [-0.25, -0.2) is 9.97 Å². The highest BCUT2D eigenvalue weighted by Crippen LogP contribution is 2.27. The molecule has 2 aromatic rings. The van der Waals surface area contributed by atoms with Gasteiger partial charge in [0, 0.05) is 38.3 Å². The van der Waals surface area contributed by atoms with Crippen LogP contribution in [-0.2, 0) is 13.0 Å². The van der Waals surface area contributed by atoms with Crippen LogP contribution in [0.5, 0.6) is 0 Å². The summed E-state index contributed by atoms with van der Waals surface area (Å²) in [6.45, 7) is 3.60. The van der Waals surface area contributed by atoms with Crippen LogP contribution >= 0.6 is 11.6 Å². The fourth-order valence-electron chi connectivity index (χ4n) is 4.03. The highest BCUT2D eigenvalue weighted by molar-refractivity contribution is 6.29. The number of rotatable bonds is 2. The molecule has 0 radical (unpaired) electrons. The second-order valence-corrected chi connectivity index (χ2v) is 7.27. The zero-order chi connectivity index (χ0) is 17.2. The van der Waals surface area contributed by atoms with Crippen LogP contribution in [0.2, 0.25) is 5.15 Å². The van der Waals surface area contributed by atoms with Crippen molar-refractivity contribution in [1.82, 2.24) is 14.9 Å². The largest absolute Gasteiger partial charge is 0.391 e. The van der Waals surface area contributed by atoms with Crippen LogP contribution < -0.4 is 4.90 Å². The average Bonchev–Trinajstić information content (AvgIpc) is 2.83. The van der Waals surface area contributed by atoms with Gasteiger partial charge in [-0.05, 0) is 30.4 Å².